The van der Waals surface area contributed by atoms with E-state index in [1.807, 2.05) is 30.5 Å². The third kappa shape index (κ3) is 3.42. The van der Waals surface area contributed by atoms with Crippen molar-refractivity contribution in [1.82, 2.24) is 0 Å². The molecule has 0 spiro atoms. The van der Waals surface area contributed by atoms with Crippen LogP contribution >= 0.6 is 35.5 Å². The minimum absolute atomic E-state index is 0.00796. The Kier molecular flexibility index (Phi) is 4.23. The van der Waals surface area contributed by atoms with Crippen molar-refractivity contribution in [1.29, 1.82) is 0 Å². The van der Waals surface area contributed by atoms with Crippen molar-refractivity contribution >= 4 is 52.1 Å². The molecule has 2 aromatic rings. The van der Waals surface area contributed by atoms with Gasteiger partial charge < -0.3 is 19.9 Å². The Morgan fingerprint density at radius 2 is 2.38 bits per heavy atom. The lowest BCUT2D eigenvalue weighted by molar-refractivity contribution is 0.217. The second kappa shape index (κ2) is 6.13. The summed E-state index contributed by atoms with van der Waals surface area (Å²) in [5, 5.41) is 15.5. The first-order chi connectivity index (χ1) is 10.1. The number of aromatic hydroxyl groups is 1. The first kappa shape index (κ1) is 14.5. The fraction of sp³-hybridized carbons (Fsp3) is 0.214. The summed E-state index contributed by atoms with van der Waals surface area (Å²) in [5.74, 6) is 0.183. The molecule has 3 N–H and O–H groups in total. The molecule has 0 amide bonds. The SMILES string of the molecule is CC1Cc2cc(NSc3cccs3)c(O)cc2NC(=S)O1. The number of phenols is 1. The average Bonchev–Trinajstić information content (AvgIpc) is 2.88. The lowest BCUT2D eigenvalue weighted by Crippen LogP contribution is -2.16. The van der Waals surface area contributed by atoms with Gasteiger partial charge in [-0.2, -0.15) is 0 Å². The molecule has 1 aromatic heterocycles. The molecule has 0 aliphatic carbocycles. The van der Waals surface area contributed by atoms with Crippen LogP contribution in [0.5, 0.6) is 5.75 Å². The van der Waals surface area contributed by atoms with Crippen molar-refractivity contribution < 1.29 is 9.84 Å². The molecule has 0 bridgehead atoms. The second-order valence-electron chi connectivity index (χ2n) is 4.71. The Bertz CT molecular complexity index is 658. The Hall–Kier alpha value is -1.44. The zero-order valence-electron chi connectivity index (χ0n) is 11.3. The van der Waals surface area contributed by atoms with Gasteiger partial charge in [0.15, 0.2) is 0 Å². The van der Waals surface area contributed by atoms with E-state index in [1.54, 1.807) is 17.4 Å². The Morgan fingerprint density at radius 1 is 1.52 bits per heavy atom. The zero-order chi connectivity index (χ0) is 14.8. The highest BCUT2D eigenvalue weighted by Gasteiger charge is 2.19. The maximum Gasteiger partial charge on any atom is 0.261 e. The summed E-state index contributed by atoms with van der Waals surface area (Å²) < 4.78 is 9.83. The standard InChI is InChI=1S/C14H14N2O2S3/c1-8-5-9-6-11(16-21-13-3-2-4-20-13)12(17)7-10(9)15-14(19)18-8/h2-4,6-8,16-17H,5H2,1H3,(H,15,19). The van der Waals surface area contributed by atoms with Gasteiger partial charge in [-0.25, -0.2) is 0 Å². The molecule has 0 saturated heterocycles. The molecule has 2 heterocycles. The van der Waals surface area contributed by atoms with E-state index in [0.29, 0.717) is 10.9 Å². The predicted octanol–water partition coefficient (Wildman–Crippen LogP) is 4.23. The molecule has 21 heavy (non-hydrogen) atoms. The smallest absolute Gasteiger partial charge is 0.261 e. The highest BCUT2D eigenvalue weighted by atomic mass is 32.2. The molecular formula is C14H14N2O2S3. The van der Waals surface area contributed by atoms with E-state index in [-0.39, 0.29) is 11.9 Å². The number of anilines is 2. The van der Waals surface area contributed by atoms with Gasteiger partial charge in [-0.15, -0.1) is 11.3 Å². The topological polar surface area (TPSA) is 53.5 Å². The molecule has 1 aromatic carbocycles. The molecular weight excluding hydrogens is 324 g/mol. The summed E-state index contributed by atoms with van der Waals surface area (Å²) in [7, 11) is 0. The van der Waals surface area contributed by atoms with Crippen LogP contribution in [0, 0.1) is 0 Å². The third-order valence-electron chi connectivity index (χ3n) is 3.03. The van der Waals surface area contributed by atoms with E-state index in [1.165, 1.54) is 11.9 Å². The number of hydrogen-bond acceptors (Lipinski definition) is 6. The molecule has 0 fully saturated rings. The van der Waals surface area contributed by atoms with Crippen LogP contribution in [0.3, 0.4) is 0 Å². The molecule has 0 radical (unpaired) electrons. The molecule has 1 unspecified atom stereocenters. The maximum absolute atomic E-state index is 10.1. The summed E-state index contributed by atoms with van der Waals surface area (Å²) in [4.78, 5) is 0. The Labute approximate surface area is 136 Å². The Balaban J connectivity index is 1.84. The van der Waals surface area contributed by atoms with Crippen LogP contribution < -0.4 is 10.0 Å². The molecule has 110 valence electrons. The van der Waals surface area contributed by atoms with E-state index in [0.717, 1.165) is 21.9 Å². The van der Waals surface area contributed by atoms with Gasteiger partial charge in [0.25, 0.3) is 5.17 Å². The fourth-order valence-electron chi connectivity index (χ4n) is 2.10. The van der Waals surface area contributed by atoms with E-state index in [4.69, 9.17) is 17.0 Å². The average molecular weight is 338 g/mol. The molecule has 1 aliphatic heterocycles. The van der Waals surface area contributed by atoms with Gasteiger partial charge >= 0.3 is 0 Å². The van der Waals surface area contributed by atoms with Gasteiger partial charge in [0.05, 0.1) is 9.90 Å². The van der Waals surface area contributed by atoms with Crippen LogP contribution in [-0.4, -0.2) is 16.4 Å². The summed E-state index contributed by atoms with van der Waals surface area (Å²) in [6.07, 6.45) is 0.745. The number of ether oxygens (including phenoxy) is 1. The number of thiophene rings is 1. The molecule has 3 rings (SSSR count). The summed E-state index contributed by atoms with van der Waals surface area (Å²) in [6.45, 7) is 1.98. The van der Waals surface area contributed by atoms with Gasteiger partial charge in [-0.05, 0) is 54.2 Å². The lowest BCUT2D eigenvalue weighted by atomic mass is 10.1. The van der Waals surface area contributed by atoms with Gasteiger partial charge in [0.2, 0.25) is 0 Å². The summed E-state index contributed by atoms with van der Waals surface area (Å²) in [5.41, 5.74) is 2.55. The monoisotopic (exact) mass is 338 g/mol. The van der Waals surface area contributed by atoms with Crippen molar-refractivity contribution in [2.24, 2.45) is 0 Å². The highest BCUT2D eigenvalue weighted by molar-refractivity contribution is 8.02. The molecule has 1 atom stereocenters. The minimum atomic E-state index is 0.00796. The van der Waals surface area contributed by atoms with Crippen molar-refractivity contribution in [3.05, 3.63) is 35.2 Å². The number of nitrogens with one attached hydrogen (secondary N) is 2. The third-order valence-corrected chi connectivity index (χ3v) is 5.09. The van der Waals surface area contributed by atoms with Crippen molar-refractivity contribution in [2.75, 3.05) is 10.0 Å². The molecule has 0 saturated carbocycles. The van der Waals surface area contributed by atoms with Gasteiger partial charge in [0.1, 0.15) is 11.9 Å². The zero-order valence-corrected chi connectivity index (χ0v) is 13.7. The van der Waals surface area contributed by atoms with Crippen LogP contribution in [0.2, 0.25) is 0 Å². The quantitative estimate of drug-likeness (QED) is 0.442. The minimum Gasteiger partial charge on any atom is -0.506 e. The number of hydrogen-bond donors (Lipinski definition) is 3. The first-order valence-electron chi connectivity index (χ1n) is 6.41. The number of benzene rings is 1. The first-order valence-corrected chi connectivity index (χ1v) is 8.52. The number of thiocarbonyl (C=S) groups is 1. The highest BCUT2D eigenvalue weighted by Crippen LogP contribution is 2.36. The lowest BCUT2D eigenvalue weighted by Gasteiger charge is -2.12. The van der Waals surface area contributed by atoms with Gasteiger partial charge in [-0.3, -0.25) is 0 Å². The van der Waals surface area contributed by atoms with Crippen molar-refractivity contribution in [3.63, 3.8) is 0 Å². The van der Waals surface area contributed by atoms with Crippen LogP contribution in [-0.2, 0) is 11.2 Å². The van der Waals surface area contributed by atoms with Crippen LogP contribution in [0.15, 0.2) is 33.9 Å². The second-order valence-corrected chi connectivity index (χ2v) is 7.13. The predicted molar refractivity (Wildman–Crippen MR) is 92.4 cm³/mol. The largest absolute Gasteiger partial charge is 0.506 e. The summed E-state index contributed by atoms with van der Waals surface area (Å²) in [6, 6.07) is 7.64. The molecule has 4 nitrogen and oxygen atoms in total. The maximum atomic E-state index is 10.1. The van der Waals surface area contributed by atoms with E-state index < -0.39 is 0 Å². The Morgan fingerprint density at radius 3 is 3.14 bits per heavy atom. The van der Waals surface area contributed by atoms with Crippen molar-refractivity contribution in [3.8, 4) is 5.75 Å². The number of fused-ring (bicyclic) bond motifs is 1. The fourth-order valence-corrected chi connectivity index (χ4v) is 3.83. The van der Waals surface area contributed by atoms with Gasteiger partial charge in [-0.1, -0.05) is 6.07 Å². The van der Waals surface area contributed by atoms with Crippen molar-refractivity contribution in [2.45, 2.75) is 23.7 Å². The normalized spacial score (nSPS) is 17.4. The van der Waals surface area contributed by atoms with Crippen LogP contribution in [0.1, 0.15) is 12.5 Å². The summed E-state index contributed by atoms with van der Waals surface area (Å²) >= 11 is 8.23. The van der Waals surface area contributed by atoms with E-state index in [9.17, 15) is 5.11 Å². The van der Waals surface area contributed by atoms with Crippen LogP contribution in [0.4, 0.5) is 11.4 Å². The number of rotatable bonds is 3. The van der Waals surface area contributed by atoms with E-state index >= 15 is 0 Å². The van der Waals surface area contributed by atoms with Gasteiger partial charge in [0, 0.05) is 18.2 Å². The van der Waals surface area contributed by atoms with E-state index in [2.05, 4.69) is 10.0 Å². The number of phenolic OH excluding ortho intramolecular Hbond substituents is 1. The molecule has 1 aliphatic rings. The van der Waals surface area contributed by atoms with Crippen LogP contribution in [0.25, 0.3) is 0 Å². The molecule has 7 heteroatoms.